The monoisotopic (exact) mass is 347 g/mol. The molecule has 0 radical (unpaired) electrons. The number of aromatic nitrogens is 1. The Morgan fingerprint density at radius 3 is 2.67 bits per heavy atom. The smallest absolute Gasteiger partial charge is 0.243 e. The number of rotatable bonds is 5. The zero-order chi connectivity index (χ0) is 17.0. The molecule has 128 valence electrons. The first-order valence-corrected chi connectivity index (χ1v) is 9.30. The van der Waals surface area contributed by atoms with Crippen LogP contribution in [0.2, 0.25) is 0 Å². The quantitative estimate of drug-likeness (QED) is 0.824. The van der Waals surface area contributed by atoms with Gasteiger partial charge in [0.2, 0.25) is 10.0 Å². The average Bonchev–Trinajstić information content (AvgIpc) is 2.80. The summed E-state index contributed by atoms with van der Waals surface area (Å²) >= 11 is 0. The fourth-order valence-electron chi connectivity index (χ4n) is 2.81. The summed E-state index contributed by atoms with van der Waals surface area (Å²) in [6, 6.07) is 12.3. The molecule has 0 N–H and O–H groups in total. The van der Waals surface area contributed by atoms with Gasteiger partial charge in [-0.25, -0.2) is 13.4 Å². The van der Waals surface area contributed by atoms with Gasteiger partial charge >= 0.3 is 0 Å². The minimum absolute atomic E-state index is 0.320. The van der Waals surface area contributed by atoms with Gasteiger partial charge in [0.05, 0.1) is 11.5 Å². The maximum absolute atomic E-state index is 12.9. The van der Waals surface area contributed by atoms with Gasteiger partial charge in [0.1, 0.15) is 5.82 Å². The number of ether oxygens (including phenoxy) is 1. The van der Waals surface area contributed by atoms with E-state index < -0.39 is 10.0 Å². The highest BCUT2D eigenvalue weighted by Crippen LogP contribution is 2.26. The van der Waals surface area contributed by atoms with Gasteiger partial charge in [-0.3, -0.25) is 0 Å². The highest BCUT2D eigenvalue weighted by molar-refractivity contribution is 7.89. The molecule has 2 aromatic rings. The Morgan fingerprint density at radius 1 is 1.12 bits per heavy atom. The van der Waals surface area contributed by atoms with E-state index in [0.717, 1.165) is 11.4 Å². The Hall–Kier alpha value is -1.96. The van der Waals surface area contributed by atoms with Crippen molar-refractivity contribution in [1.29, 1.82) is 0 Å². The zero-order valence-corrected chi connectivity index (χ0v) is 14.4. The first-order chi connectivity index (χ1) is 11.6. The number of nitrogens with zero attached hydrogens (tertiary/aromatic N) is 3. The highest BCUT2D eigenvalue weighted by Gasteiger charge is 2.29. The minimum atomic E-state index is -3.52. The highest BCUT2D eigenvalue weighted by atomic mass is 32.2. The lowest BCUT2D eigenvalue weighted by molar-refractivity contribution is 0.205. The van der Waals surface area contributed by atoms with Crippen LogP contribution in [0.15, 0.2) is 53.6 Å². The van der Waals surface area contributed by atoms with Crippen molar-refractivity contribution in [3.05, 3.63) is 54.2 Å². The number of hydrogen-bond acceptors (Lipinski definition) is 5. The third kappa shape index (κ3) is 3.43. The van der Waals surface area contributed by atoms with Crippen LogP contribution in [0.3, 0.4) is 0 Å². The summed E-state index contributed by atoms with van der Waals surface area (Å²) in [5.41, 5.74) is 0.908. The molecular formula is C17H21N3O3S. The van der Waals surface area contributed by atoms with Crippen LogP contribution >= 0.6 is 0 Å². The standard InChI is InChI=1S/C17H21N3O3S/c1-23-13-12-19-10-11-20(14-15-6-5-9-18-17(15)19)24(21,22)16-7-3-2-4-8-16/h2-9H,10-14H2,1H3. The molecule has 0 fully saturated rings. The molecule has 1 aromatic heterocycles. The molecule has 3 rings (SSSR count). The predicted octanol–water partition coefficient (Wildman–Crippen LogP) is 1.74. The molecule has 0 bridgehead atoms. The normalized spacial score (nSPS) is 15.8. The molecule has 1 aromatic carbocycles. The molecule has 0 amide bonds. The molecular weight excluding hydrogens is 326 g/mol. The molecule has 24 heavy (non-hydrogen) atoms. The van der Waals surface area contributed by atoms with Crippen molar-refractivity contribution in [2.24, 2.45) is 0 Å². The van der Waals surface area contributed by atoms with Gasteiger partial charge in [0.25, 0.3) is 0 Å². The van der Waals surface area contributed by atoms with Gasteiger partial charge in [0, 0.05) is 45.0 Å². The zero-order valence-electron chi connectivity index (χ0n) is 13.6. The molecule has 0 atom stereocenters. The van der Waals surface area contributed by atoms with E-state index in [1.54, 1.807) is 37.6 Å². The Morgan fingerprint density at radius 2 is 1.92 bits per heavy atom. The third-order valence-electron chi connectivity index (χ3n) is 4.08. The van der Waals surface area contributed by atoms with E-state index in [-0.39, 0.29) is 0 Å². The molecule has 6 nitrogen and oxygen atoms in total. The number of methoxy groups -OCH3 is 1. The summed E-state index contributed by atoms with van der Waals surface area (Å²) in [6.45, 7) is 2.57. The molecule has 7 heteroatoms. The van der Waals surface area contributed by atoms with Crippen molar-refractivity contribution in [2.75, 3.05) is 38.3 Å². The van der Waals surface area contributed by atoms with Crippen molar-refractivity contribution in [2.45, 2.75) is 11.4 Å². The molecule has 2 heterocycles. The Bertz CT molecular complexity index is 781. The summed E-state index contributed by atoms with van der Waals surface area (Å²) in [4.78, 5) is 6.85. The van der Waals surface area contributed by atoms with Crippen LogP contribution in [0.1, 0.15) is 5.56 Å². The lowest BCUT2D eigenvalue weighted by Crippen LogP contribution is -2.36. The van der Waals surface area contributed by atoms with Gasteiger partial charge in [0.15, 0.2) is 0 Å². The number of benzene rings is 1. The maximum atomic E-state index is 12.9. The second-order valence-electron chi connectivity index (χ2n) is 5.62. The largest absolute Gasteiger partial charge is 0.383 e. The van der Waals surface area contributed by atoms with E-state index in [4.69, 9.17) is 4.74 Å². The number of anilines is 1. The molecule has 0 spiro atoms. The second-order valence-corrected chi connectivity index (χ2v) is 7.56. The van der Waals surface area contributed by atoms with Crippen molar-refractivity contribution in [1.82, 2.24) is 9.29 Å². The van der Waals surface area contributed by atoms with Crippen molar-refractivity contribution < 1.29 is 13.2 Å². The van der Waals surface area contributed by atoms with Gasteiger partial charge in [-0.05, 0) is 18.2 Å². The molecule has 0 saturated heterocycles. The lowest BCUT2D eigenvalue weighted by Gasteiger charge is -2.23. The lowest BCUT2D eigenvalue weighted by atomic mass is 10.2. The first-order valence-electron chi connectivity index (χ1n) is 7.86. The van der Waals surface area contributed by atoms with Crippen LogP contribution in [0.4, 0.5) is 5.82 Å². The molecule has 1 aliphatic heterocycles. The predicted molar refractivity (Wildman–Crippen MR) is 92.4 cm³/mol. The SMILES string of the molecule is COCCN1CCN(S(=O)(=O)c2ccccc2)Cc2cccnc21. The van der Waals surface area contributed by atoms with E-state index in [2.05, 4.69) is 9.88 Å². The summed E-state index contributed by atoms with van der Waals surface area (Å²) in [5, 5.41) is 0. The van der Waals surface area contributed by atoms with E-state index in [1.165, 1.54) is 4.31 Å². The van der Waals surface area contributed by atoms with E-state index >= 15 is 0 Å². The summed E-state index contributed by atoms with van der Waals surface area (Å²) in [7, 11) is -1.87. The Labute approximate surface area is 142 Å². The van der Waals surface area contributed by atoms with Gasteiger partial charge in [-0.2, -0.15) is 4.31 Å². The van der Waals surface area contributed by atoms with Crippen LogP contribution in [-0.4, -0.2) is 51.1 Å². The third-order valence-corrected chi connectivity index (χ3v) is 5.94. The maximum Gasteiger partial charge on any atom is 0.243 e. The summed E-state index contributed by atoms with van der Waals surface area (Å²) < 4.78 is 32.6. The fourth-order valence-corrected chi connectivity index (χ4v) is 4.24. The van der Waals surface area contributed by atoms with Crippen LogP contribution in [-0.2, 0) is 21.3 Å². The van der Waals surface area contributed by atoms with Crippen LogP contribution in [0.5, 0.6) is 0 Å². The van der Waals surface area contributed by atoms with Crippen LogP contribution in [0.25, 0.3) is 0 Å². The van der Waals surface area contributed by atoms with Crippen molar-refractivity contribution >= 4 is 15.8 Å². The summed E-state index contributed by atoms with van der Waals surface area (Å²) in [5.74, 6) is 0.834. The van der Waals surface area contributed by atoms with Crippen molar-refractivity contribution in [3.8, 4) is 0 Å². The Balaban J connectivity index is 1.92. The van der Waals surface area contributed by atoms with Crippen molar-refractivity contribution in [3.63, 3.8) is 0 Å². The minimum Gasteiger partial charge on any atom is -0.383 e. The van der Waals surface area contributed by atoms with E-state index in [9.17, 15) is 8.42 Å². The van der Waals surface area contributed by atoms with E-state index in [1.807, 2.05) is 18.2 Å². The van der Waals surface area contributed by atoms with Crippen LogP contribution < -0.4 is 4.90 Å². The number of hydrogen-bond donors (Lipinski definition) is 0. The Kier molecular flexibility index (Phi) is 5.13. The molecule has 0 unspecified atom stereocenters. The van der Waals surface area contributed by atoms with Gasteiger partial charge < -0.3 is 9.64 Å². The average molecular weight is 347 g/mol. The van der Waals surface area contributed by atoms with Gasteiger partial charge in [-0.1, -0.05) is 24.3 Å². The number of fused-ring (bicyclic) bond motifs is 1. The van der Waals surface area contributed by atoms with Gasteiger partial charge in [-0.15, -0.1) is 0 Å². The topological polar surface area (TPSA) is 62.7 Å². The second kappa shape index (κ2) is 7.29. The number of pyridine rings is 1. The molecule has 0 saturated carbocycles. The van der Waals surface area contributed by atoms with Crippen LogP contribution in [0, 0.1) is 0 Å². The first kappa shape index (κ1) is 16.9. The summed E-state index contributed by atoms with van der Waals surface area (Å²) in [6.07, 6.45) is 1.74. The molecule has 1 aliphatic rings. The molecule has 0 aliphatic carbocycles. The number of sulfonamides is 1. The fraction of sp³-hybridized carbons (Fsp3) is 0.353. The van der Waals surface area contributed by atoms with E-state index in [0.29, 0.717) is 37.7 Å².